The van der Waals surface area contributed by atoms with Crippen molar-refractivity contribution in [3.63, 3.8) is 0 Å². The van der Waals surface area contributed by atoms with Gasteiger partial charge in [0.05, 0.1) is 12.7 Å². The summed E-state index contributed by atoms with van der Waals surface area (Å²) in [6.07, 6.45) is 5.74. The van der Waals surface area contributed by atoms with Crippen LogP contribution in [0, 0.1) is 6.92 Å². The van der Waals surface area contributed by atoms with Gasteiger partial charge in [-0.15, -0.1) is 10.2 Å². The Morgan fingerprint density at radius 2 is 2.07 bits per heavy atom. The van der Waals surface area contributed by atoms with Crippen LogP contribution in [-0.4, -0.2) is 29.8 Å². The standard InChI is InChI=1S/C18H18ClN7S/c1-12-9-20-26(10-12)13(2)17-22-23-18(27-17)21-16-7-8-25(24-16)11-14-5-3-4-6-15(14)19/h3-10,13H,11H2,1-2H3,(H,21,23,24)/t13-/m1/s1. The largest absolute Gasteiger partial charge is 0.313 e. The van der Waals surface area contributed by atoms with Crippen molar-refractivity contribution in [1.82, 2.24) is 29.8 Å². The summed E-state index contributed by atoms with van der Waals surface area (Å²) >= 11 is 7.71. The zero-order valence-corrected chi connectivity index (χ0v) is 16.4. The van der Waals surface area contributed by atoms with Crippen LogP contribution in [0.15, 0.2) is 48.9 Å². The predicted molar refractivity (Wildman–Crippen MR) is 107 cm³/mol. The molecule has 138 valence electrons. The fraction of sp³-hybridized carbons (Fsp3) is 0.222. The lowest BCUT2D eigenvalue weighted by molar-refractivity contribution is 0.557. The molecule has 0 spiro atoms. The zero-order valence-electron chi connectivity index (χ0n) is 14.9. The topological polar surface area (TPSA) is 73.5 Å². The summed E-state index contributed by atoms with van der Waals surface area (Å²) in [4.78, 5) is 0. The van der Waals surface area contributed by atoms with Crippen molar-refractivity contribution < 1.29 is 0 Å². The maximum absolute atomic E-state index is 6.21. The van der Waals surface area contributed by atoms with Crippen molar-refractivity contribution in [2.75, 3.05) is 5.32 Å². The molecule has 1 atom stereocenters. The molecule has 0 aliphatic heterocycles. The van der Waals surface area contributed by atoms with E-state index in [9.17, 15) is 0 Å². The Hall–Kier alpha value is -2.71. The number of hydrogen-bond acceptors (Lipinski definition) is 6. The van der Waals surface area contributed by atoms with Gasteiger partial charge in [0.1, 0.15) is 11.0 Å². The quantitative estimate of drug-likeness (QED) is 0.523. The Kier molecular flexibility index (Phi) is 4.91. The van der Waals surface area contributed by atoms with E-state index in [0.717, 1.165) is 21.2 Å². The molecule has 0 radical (unpaired) electrons. The highest BCUT2D eigenvalue weighted by atomic mass is 35.5. The summed E-state index contributed by atoms with van der Waals surface area (Å²) in [7, 11) is 0. The second kappa shape index (κ2) is 7.50. The van der Waals surface area contributed by atoms with Crippen LogP contribution in [0.1, 0.15) is 29.1 Å². The van der Waals surface area contributed by atoms with Crippen molar-refractivity contribution in [3.8, 4) is 0 Å². The van der Waals surface area contributed by atoms with E-state index in [2.05, 4.69) is 32.6 Å². The SMILES string of the molecule is Cc1cnn([C@H](C)c2nnc(Nc3ccn(Cc4ccccc4Cl)n3)s2)c1. The van der Waals surface area contributed by atoms with Gasteiger partial charge in [-0.1, -0.05) is 41.1 Å². The molecule has 0 saturated heterocycles. The van der Waals surface area contributed by atoms with E-state index >= 15 is 0 Å². The lowest BCUT2D eigenvalue weighted by Crippen LogP contribution is -2.06. The molecule has 0 saturated carbocycles. The lowest BCUT2D eigenvalue weighted by atomic mass is 10.2. The van der Waals surface area contributed by atoms with Crippen LogP contribution in [0.5, 0.6) is 0 Å². The molecule has 0 fully saturated rings. The van der Waals surface area contributed by atoms with Crippen molar-refractivity contribution in [2.24, 2.45) is 0 Å². The van der Waals surface area contributed by atoms with Crippen molar-refractivity contribution in [3.05, 3.63) is 70.1 Å². The van der Waals surface area contributed by atoms with E-state index in [4.69, 9.17) is 11.6 Å². The molecule has 0 aliphatic rings. The monoisotopic (exact) mass is 399 g/mol. The molecule has 9 heteroatoms. The van der Waals surface area contributed by atoms with Gasteiger partial charge in [0, 0.05) is 23.5 Å². The highest BCUT2D eigenvalue weighted by Gasteiger charge is 2.15. The molecule has 27 heavy (non-hydrogen) atoms. The summed E-state index contributed by atoms with van der Waals surface area (Å²) in [5.41, 5.74) is 2.14. The van der Waals surface area contributed by atoms with Crippen LogP contribution in [0.25, 0.3) is 0 Å². The number of aromatic nitrogens is 6. The third kappa shape index (κ3) is 4.01. The van der Waals surface area contributed by atoms with Crippen molar-refractivity contribution in [2.45, 2.75) is 26.4 Å². The number of nitrogens with one attached hydrogen (secondary N) is 1. The number of anilines is 2. The van der Waals surface area contributed by atoms with Crippen LogP contribution < -0.4 is 5.32 Å². The van der Waals surface area contributed by atoms with Gasteiger partial charge in [0.2, 0.25) is 5.13 Å². The number of hydrogen-bond donors (Lipinski definition) is 1. The first-order valence-corrected chi connectivity index (χ1v) is 9.66. The smallest absolute Gasteiger partial charge is 0.211 e. The summed E-state index contributed by atoms with van der Waals surface area (Å²) in [6.45, 7) is 4.68. The summed E-state index contributed by atoms with van der Waals surface area (Å²) in [5, 5.41) is 22.9. The molecule has 4 rings (SSSR count). The Balaban J connectivity index is 1.44. The molecule has 7 nitrogen and oxygen atoms in total. The fourth-order valence-corrected chi connectivity index (χ4v) is 3.63. The summed E-state index contributed by atoms with van der Waals surface area (Å²) in [6, 6.07) is 9.69. The van der Waals surface area contributed by atoms with E-state index in [-0.39, 0.29) is 6.04 Å². The molecule has 1 N–H and O–H groups in total. The summed E-state index contributed by atoms with van der Waals surface area (Å²) < 4.78 is 3.72. The van der Waals surface area contributed by atoms with Gasteiger partial charge in [-0.2, -0.15) is 10.2 Å². The molecular formula is C18H18ClN7S. The minimum absolute atomic E-state index is 0.0320. The molecule has 1 aromatic carbocycles. The summed E-state index contributed by atoms with van der Waals surface area (Å²) in [5.74, 6) is 0.715. The highest BCUT2D eigenvalue weighted by Crippen LogP contribution is 2.26. The maximum atomic E-state index is 6.21. The van der Waals surface area contributed by atoms with Gasteiger partial charge < -0.3 is 5.32 Å². The zero-order chi connectivity index (χ0) is 18.8. The van der Waals surface area contributed by atoms with Gasteiger partial charge in [-0.25, -0.2) is 0 Å². The Morgan fingerprint density at radius 3 is 2.85 bits per heavy atom. The van der Waals surface area contributed by atoms with Gasteiger partial charge in [-0.3, -0.25) is 9.36 Å². The first kappa shape index (κ1) is 17.7. The second-order valence-corrected chi connectivity index (χ2v) is 7.65. The van der Waals surface area contributed by atoms with E-state index in [1.165, 1.54) is 11.3 Å². The first-order valence-electron chi connectivity index (χ1n) is 8.46. The highest BCUT2D eigenvalue weighted by molar-refractivity contribution is 7.15. The van der Waals surface area contributed by atoms with Gasteiger partial charge in [0.15, 0.2) is 5.82 Å². The van der Waals surface area contributed by atoms with Crippen LogP contribution in [-0.2, 0) is 6.54 Å². The molecule has 3 aromatic heterocycles. The number of benzene rings is 1. The average molecular weight is 400 g/mol. The number of halogens is 1. The number of aryl methyl sites for hydroxylation is 1. The average Bonchev–Trinajstić information content (AvgIpc) is 3.39. The fourth-order valence-electron chi connectivity index (χ4n) is 2.64. The second-order valence-electron chi connectivity index (χ2n) is 6.23. The normalized spacial score (nSPS) is 12.3. The minimum Gasteiger partial charge on any atom is -0.313 e. The van der Waals surface area contributed by atoms with E-state index in [0.29, 0.717) is 17.5 Å². The van der Waals surface area contributed by atoms with Crippen molar-refractivity contribution in [1.29, 1.82) is 0 Å². The minimum atomic E-state index is 0.0320. The molecule has 3 heterocycles. The van der Waals surface area contributed by atoms with Crippen LogP contribution in [0.3, 0.4) is 0 Å². The van der Waals surface area contributed by atoms with Gasteiger partial charge in [0.25, 0.3) is 0 Å². The Labute approximate surface area is 165 Å². The molecule has 0 aliphatic carbocycles. The molecular weight excluding hydrogens is 382 g/mol. The van der Waals surface area contributed by atoms with Gasteiger partial charge in [-0.05, 0) is 31.0 Å². The van der Waals surface area contributed by atoms with Crippen molar-refractivity contribution >= 4 is 33.9 Å². The van der Waals surface area contributed by atoms with Crippen LogP contribution >= 0.6 is 22.9 Å². The molecule has 4 aromatic rings. The van der Waals surface area contributed by atoms with E-state index < -0.39 is 0 Å². The Morgan fingerprint density at radius 1 is 1.22 bits per heavy atom. The number of rotatable bonds is 6. The third-order valence-electron chi connectivity index (χ3n) is 4.09. The number of nitrogens with zero attached hydrogens (tertiary/aromatic N) is 6. The molecule has 0 bridgehead atoms. The predicted octanol–water partition coefficient (Wildman–Crippen LogP) is 4.29. The Bertz CT molecular complexity index is 1050. The maximum Gasteiger partial charge on any atom is 0.211 e. The third-order valence-corrected chi connectivity index (χ3v) is 5.47. The van der Waals surface area contributed by atoms with Crippen LogP contribution in [0.4, 0.5) is 10.9 Å². The van der Waals surface area contributed by atoms with E-state index in [1.54, 1.807) is 0 Å². The van der Waals surface area contributed by atoms with E-state index in [1.807, 2.05) is 65.2 Å². The molecule has 0 amide bonds. The lowest BCUT2D eigenvalue weighted by Gasteiger charge is -2.07. The molecule has 0 unspecified atom stereocenters. The van der Waals surface area contributed by atoms with Gasteiger partial charge >= 0.3 is 0 Å². The van der Waals surface area contributed by atoms with Crippen LogP contribution in [0.2, 0.25) is 5.02 Å². The first-order chi connectivity index (χ1) is 13.1.